The third-order valence-electron chi connectivity index (χ3n) is 3.75. The van der Waals surface area contributed by atoms with E-state index in [1.807, 2.05) is 6.07 Å². The second kappa shape index (κ2) is 7.10. The number of carbonyl (C=O) groups excluding carboxylic acids is 1. The summed E-state index contributed by atoms with van der Waals surface area (Å²) >= 11 is 0. The molecule has 1 aliphatic heterocycles. The third-order valence-corrected chi connectivity index (χ3v) is 3.75. The molecule has 1 amide bonds. The van der Waals surface area contributed by atoms with Crippen molar-refractivity contribution in [2.75, 3.05) is 19.7 Å². The highest BCUT2D eigenvalue weighted by Crippen LogP contribution is 2.25. The topological polar surface area (TPSA) is 81.9 Å². The first-order chi connectivity index (χ1) is 11.6. The Balaban J connectivity index is 1.65. The molecular weight excluding hydrogens is 312 g/mol. The maximum atomic E-state index is 12.2. The molecule has 124 valence electrons. The zero-order chi connectivity index (χ0) is 16.9. The van der Waals surface area contributed by atoms with Gasteiger partial charge in [0, 0.05) is 18.7 Å². The van der Waals surface area contributed by atoms with E-state index in [9.17, 15) is 14.9 Å². The van der Waals surface area contributed by atoms with Crippen molar-refractivity contribution in [3.05, 3.63) is 70.3 Å². The van der Waals surface area contributed by atoms with Crippen LogP contribution in [-0.2, 0) is 4.74 Å². The molecule has 0 radical (unpaired) electrons. The van der Waals surface area contributed by atoms with E-state index in [0.717, 1.165) is 5.56 Å². The van der Waals surface area contributed by atoms with Crippen molar-refractivity contribution < 1.29 is 19.2 Å². The Morgan fingerprint density at radius 2 is 1.88 bits per heavy atom. The molecule has 0 aliphatic carbocycles. The molecular formula is C17H16N2O5. The van der Waals surface area contributed by atoms with Crippen LogP contribution in [0.4, 0.5) is 10.5 Å². The third kappa shape index (κ3) is 3.69. The highest BCUT2D eigenvalue weighted by Gasteiger charge is 2.27. The summed E-state index contributed by atoms with van der Waals surface area (Å²) in [7, 11) is 0. The van der Waals surface area contributed by atoms with Gasteiger partial charge in [0.15, 0.2) is 0 Å². The lowest BCUT2D eigenvalue weighted by molar-refractivity contribution is -0.384. The number of hydrogen-bond acceptors (Lipinski definition) is 5. The molecule has 1 fully saturated rings. The molecule has 1 aliphatic rings. The number of non-ortho nitro benzene ring substituents is 1. The number of hydrogen-bond donors (Lipinski definition) is 0. The van der Waals surface area contributed by atoms with Crippen LogP contribution >= 0.6 is 0 Å². The van der Waals surface area contributed by atoms with Gasteiger partial charge in [-0.1, -0.05) is 18.2 Å². The average Bonchev–Trinajstić information content (AvgIpc) is 2.63. The molecule has 7 heteroatoms. The molecule has 0 spiro atoms. The Morgan fingerprint density at radius 3 is 2.54 bits per heavy atom. The molecule has 3 rings (SSSR count). The molecule has 24 heavy (non-hydrogen) atoms. The Kier molecular flexibility index (Phi) is 4.72. The summed E-state index contributed by atoms with van der Waals surface area (Å²) in [6.45, 7) is 1.16. The fourth-order valence-electron chi connectivity index (χ4n) is 2.48. The maximum absolute atomic E-state index is 12.2. The Hall–Kier alpha value is -2.93. The van der Waals surface area contributed by atoms with Crippen LogP contribution in [0.5, 0.6) is 5.75 Å². The highest BCUT2D eigenvalue weighted by atomic mass is 16.6. The lowest BCUT2D eigenvalue weighted by Gasteiger charge is -2.32. The number of rotatable bonds is 3. The van der Waals surface area contributed by atoms with Crippen molar-refractivity contribution in [1.29, 1.82) is 0 Å². The Labute approximate surface area is 138 Å². The van der Waals surface area contributed by atoms with Gasteiger partial charge in [0.05, 0.1) is 18.1 Å². The van der Waals surface area contributed by atoms with Gasteiger partial charge in [-0.05, 0) is 29.8 Å². The second-order valence-corrected chi connectivity index (χ2v) is 5.34. The minimum Gasteiger partial charge on any atom is -0.410 e. The number of nitro groups is 1. The predicted molar refractivity (Wildman–Crippen MR) is 85.8 cm³/mol. The normalized spacial score (nSPS) is 17.3. The first-order valence-corrected chi connectivity index (χ1v) is 7.51. The Bertz CT molecular complexity index is 718. The molecule has 2 aromatic rings. The van der Waals surface area contributed by atoms with Gasteiger partial charge in [-0.15, -0.1) is 0 Å². The molecule has 1 heterocycles. The summed E-state index contributed by atoms with van der Waals surface area (Å²) in [5.41, 5.74) is 0.813. The quantitative estimate of drug-likeness (QED) is 0.638. The first-order valence-electron chi connectivity index (χ1n) is 7.51. The molecule has 2 aromatic carbocycles. The van der Waals surface area contributed by atoms with Crippen LogP contribution in [-0.4, -0.2) is 35.6 Å². The average molecular weight is 328 g/mol. The molecule has 0 N–H and O–H groups in total. The van der Waals surface area contributed by atoms with Gasteiger partial charge in [-0.3, -0.25) is 10.1 Å². The summed E-state index contributed by atoms with van der Waals surface area (Å²) in [5.74, 6) is 0.487. The van der Waals surface area contributed by atoms with Gasteiger partial charge in [0.25, 0.3) is 5.69 Å². The molecule has 7 nitrogen and oxygen atoms in total. The van der Waals surface area contributed by atoms with E-state index in [0.29, 0.717) is 25.4 Å². The van der Waals surface area contributed by atoms with Gasteiger partial charge in [0.1, 0.15) is 11.9 Å². The largest absolute Gasteiger partial charge is 0.415 e. The number of ether oxygens (including phenoxy) is 2. The lowest BCUT2D eigenvalue weighted by atomic mass is 10.1. The van der Waals surface area contributed by atoms with Crippen LogP contribution in [0.3, 0.4) is 0 Å². The summed E-state index contributed by atoms with van der Waals surface area (Å²) in [4.78, 5) is 24.1. The van der Waals surface area contributed by atoms with Crippen molar-refractivity contribution in [2.24, 2.45) is 0 Å². The van der Waals surface area contributed by atoms with Crippen molar-refractivity contribution in [2.45, 2.75) is 6.10 Å². The fourth-order valence-corrected chi connectivity index (χ4v) is 2.48. The molecule has 1 atom stereocenters. The van der Waals surface area contributed by atoms with E-state index in [1.165, 1.54) is 12.1 Å². The van der Waals surface area contributed by atoms with E-state index in [4.69, 9.17) is 9.47 Å². The standard InChI is InChI=1S/C17H16N2O5/c20-17(24-15-4-2-1-3-5-15)18-10-11-23-16(12-18)13-6-8-14(9-7-13)19(21)22/h1-9,16H,10-12H2/t16-/m1/s1. The van der Waals surface area contributed by atoms with Crippen LogP contribution in [0.25, 0.3) is 0 Å². The summed E-state index contributed by atoms with van der Waals surface area (Å²) in [5, 5.41) is 10.7. The van der Waals surface area contributed by atoms with Gasteiger partial charge in [-0.2, -0.15) is 0 Å². The number of nitro benzene ring substituents is 1. The van der Waals surface area contributed by atoms with Gasteiger partial charge < -0.3 is 14.4 Å². The highest BCUT2D eigenvalue weighted by molar-refractivity contribution is 5.70. The zero-order valence-corrected chi connectivity index (χ0v) is 12.8. The van der Waals surface area contributed by atoms with Crippen molar-refractivity contribution in [3.63, 3.8) is 0 Å². The van der Waals surface area contributed by atoms with Crippen molar-refractivity contribution >= 4 is 11.8 Å². The van der Waals surface area contributed by atoms with Crippen molar-refractivity contribution in [1.82, 2.24) is 4.90 Å². The second-order valence-electron chi connectivity index (χ2n) is 5.34. The smallest absolute Gasteiger partial charge is 0.410 e. The Morgan fingerprint density at radius 1 is 1.17 bits per heavy atom. The first kappa shape index (κ1) is 15.9. The summed E-state index contributed by atoms with van der Waals surface area (Å²) < 4.78 is 11.0. The SMILES string of the molecule is O=C(Oc1ccccc1)N1CCO[C@@H](c2ccc([N+](=O)[O-])cc2)C1. The van der Waals surface area contributed by atoms with Crippen LogP contribution in [0, 0.1) is 10.1 Å². The fraction of sp³-hybridized carbons (Fsp3) is 0.235. The van der Waals surface area contributed by atoms with Gasteiger partial charge in [-0.25, -0.2) is 4.79 Å². The summed E-state index contributed by atoms with van der Waals surface area (Å²) in [6, 6.07) is 15.0. The number of morpholine rings is 1. The molecule has 0 unspecified atom stereocenters. The van der Waals surface area contributed by atoms with Crippen LogP contribution < -0.4 is 4.74 Å². The lowest BCUT2D eigenvalue weighted by Crippen LogP contribution is -2.43. The minimum absolute atomic E-state index is 0.0231. The van der Waals surface area contributed by atoms with E-state index in [2.05, 4.69) is 0 Å². The molecule has 0 bridgehead atoms. The number of benzene rings is 2. The molecule has 1 saturated heterocycles. The van der Waals surface area contributed by atoms with Crippen LogP contribution in [0.1, 0.15) is 11.7 Å². The number of para-hydroxylation sites is 1. The van der Waals surface area contributed by atoms with E-state index in [1.54, 1.807) is 41.3 Å². The summed E-state index contributed by atoms with van der Waals surface area (Å²) in [6.07, 6.45) is -0.765. The number of nitrogens with zero attached hydrogens (tertiary/aromatic N) is 2. The molecule has 0 saturated carbocycles. The number of carbonyl (C=O) groups is 1. The maximum Gasteiger partial charge on any atom is 0.415 e. The predicted octanol–water partition coefficient (Wildman–Crippen LogP) is 3.17. The number of amides is 1. The van der Waals surface area contributed by atoms with Crippen molar-refractivity contribution in [3.8, 4) is 5.75 Å². The van der Waals surface area contributed by atoms with Gasteiger partial charge in [0.2, 0.25) is 0 Å². The molecule has 0 aromatic heterocycles. The van der Waals surface area contributed by atoms with E-state index in [-0.39, 0.29) is 11.8 Å². The van der Waals surface area contributed by atoms with Crippen LogP contribution in [0.15, 0.2) is 54.6 Å². The monoisotopic (exact) mass is 328 g/mol. The zero-order valence-electron chi connectivity index (χ0n) is 12.8. The minimum atomic E-state index is -0.449. The van der Waals surface area contributed by atoms with Crippen LogP contribution in [0.2, 0.25) is 0 Å². The van der Waals surface area contributed by atoms with E-state index < -0.39 is 11.0 Å². The van der Waals surface area contributed by atoms with E-state index >= 15 is 0 Å². The van der Waals surface area contributed by atoms with Gasteiger partial charge >= 0.3 is 6.09 Å².